The number of carbonyl (C=O) groups is 1. The lowest BCUT2D eigenvalue weighted by molar-refractivity contribution is 0.0946. The minimum absolute atomic E-state index is 0.0278. The third-order valence-electron chi connectivity index (χ3n) is 4.32. The fourth-order valence-electron chi connectivity index (χ4n) is 2.84. The smallest absolute Gasteiger partial charge is 0.251 e. The van der Waals surface area contributed by atoms with Gasteiger partial charge in [0.15, 0.2) is 0 Å². The van der Waals surface area contributed by atoms with E-state index in [0.717, 1.165) is 29.7 Å². The molecule has 1 N–H and O–H groups in total. The average Bonchev–Trinajstić information content (AvgIpc) is 2.98. The molecular formula is C15H18ClNO. The van der Waals surface area contributed by atoms with Gasteiger partial charge in [-0.3, -0.25) is 4.79 Å². The first-order valence-corrected chi connectivity index (χ1v) is 6.98. The first-order chi connectivity index (χ1) is 8.49. The molecule has 3 rings (SSSR count). The third-order valence-corrected chi connectivity index (χ3v) is 4.88. The second kappa shape index (κ2) is 3.99. The van der Waals surface area contributed by atoms with E-state index in [1.165, 1.54) is 6.42 Å². The number of nitrogens with one attached hydrogen (secondary N) is 1. The number of hydrogen-bond donors (Lipinski definition) is 1. The van der Waals surface area contributed by atoms with Crippen LogP contribution < -0.4 is 5.32 Å². The molecular weight excluding hydrogens is 246 g/mol. The van der Waals surface area contributed by atoms with Crippen molar-refractivity contribution < 1.29 is 4.79 Å². The number of benzene rings is 1. The lowest BCUT2D eigenvalue weighted by Gasteiger charge is -2.19. The van der Waals surface area contributed by atoms with Crippen LogP contribution in [0.25, 0.3) is 0 Å². The van der Waals surface area contributed by atoms with Crippen molar-refractivity contribution in [1.82, 2.24) is 5.32 Å². The standard InChI is InChI=1S/C15H18ClNO/c1-15(2)8-12(15)13(16)10-4-3-9-5-6-17-14(18)11(9)7-10/h3-4,7,12-13H,5-6,8H2,1-2H3,(H,17,18). The van der Waals surface area contributed by atoms with Crippen molar-refractivity contribution in [2.75, 3.05) is 6.54 Å². The number of carbonyl (C=O) groups excluding carboxylic acids is 1. The van der Waals surface area contributed by atoms with E-state index in [1.807, 2.05) is 6.07 Å². The Labute approximate surface area is 113 Å². The normalized spacial score (nSPS) is 26.2. The summed E-state index contributed by atoms with van der Waals surface area (Å²) in [5, 5.41) is 2.91. The number of alkyl halides is 1. The molecule has 0 spiro atoms. The zero-order chi connectivity index (χ0) is 12.9. The zero-order valence-corrected chi connectivity index (χ0v) is 11.6. The van der Waals surface area contributed by atoms with Crippen LogP contribution in [0.2, 0.25) is 0 Å². The molecule has 96 valence electrons. The molecule has 1 aromatic rings. The summed E-state index contributed by atoms with van der Waals surface area (Å²) in [5.74, 6) is 0.570. The first kappa shape index (κ1) is 12.0. The highest BCUT2D eigenvalue weighted by molar-refractivity contribution is 6.21. The SMILES string of the molecule is CC1(C)CC1C(Cl)c1ccc2c(c1)C(=O)NCC2. The predicted molar refractivity (Wildman–Crippen MR) is 73.0 cm³/mol. The Hall–Kier alpha value is -1.02. The number of fused-ring (bicyclic) bond motifs is 1. The van der Waals surface area contributed by atoms with Gasteiger partial charge >= 0.3 is 0 Å². The van der Waals surface area contributed by atoms with E-state index < -0.39 is 0 Å². The van der Waals surface area contributed by atoms with Gasteiger partial charge in [-0.1, -0.05) is 26.0 Å². The highest BCUT2D eigenvalue weighted by Crippen LogP contribution is 2.59. The van der Waals surface area contributed by atoms with Crippen LogP contribution in [-0.2, 0) is 6.42 Å². The number of hydrogen-bond acceptors (Lipinski definition) is 1. The molecule has 2 atom stereocenters. The van der Waals surface area contributed by atoms with Gasteiger partial charge in [-0.25, -0.2) is 0 Å². The van der Waals surface area contributed by atoms with Gasteiger partial charge in [-0.05, 0) is 41.4 Å². The van der Waals surface area contributed by atoms with Crippen molar-refractivity contribution in [3.63, 3.8) is 0 Å². The lowest BCUT2D eigenvalue weighted by Crippen LogP contribution is -2.31. The number of halogens is 1. The Balaban J connectivity index is 1.90. The molecule has 1 heterocycles. The largest absolute Gasteiger partial charge is 0.352 e. The van der Waals surface area contributed by atoms with Crippen molar-refractivity contribution in [1.29, 1.82) is 0 Å². The van der Waals surface area contributed by atoms with Gasteiger partial charge < -0.3 is 5.32 Å². The van der Waals surface area contributed by atoms with E-state index >= 15 is 0 Å². The molecule has 2 aliphatic rings. The molecule has 1 amide bonds. The fraction of sp³-hybridized carbons (Fsp3) is 0.533. The summed E-state index contributed by atoms with van der Waals surface area (Å²) in [6.07, 6.45) is 2.09. The fourth-order valence-corrected chi connectivity index (χ4v) is 3.41. The minimum atomic E-state index is 0.0278. The van der Waals surface area contributed by atoms with E-state index in [0.29, 0.717) is 11.3 Å². The maximum Gasteiger partial charge on any atom is 0.251 e. The van der Waals surface area contributed by atoms with E-state index in [-0.39, 0.29) is 11.3 Å². The van der Waals surface area contributed by atoms with E-state index in [2.05, 4.69) is 31.3 Å². The van der Waals surface area contributed by atoms with Crippen LogP contribution >= 0.6 is 11.6 Å². The Bertz CT molecular complexity index is 509. The molecule has 0 radical (unpaired) electrons. The van der Waals surface area contributed by atoms with Crippen molar-refractivity contribution in [3.05, 3.63) is 34.9 Å². The van der Waals surface area contributed by atoms with Gasteiger partial charge in [0.1, 0.15) is 0 Å². The molecule has 1 aliphatic heterocycles. The topological polar surface area (TPSA) is 29.1 Å². The van der Waals surface area contributed by atoms with Crippen LogP contribution in [0.3, 0.4) is 0 Å². The monoisotopic (exact) mass is 263 g/mol. The quantitative estimate of drug-likeness (QED) is 0.815. The third kappa shape index (κ3) is 1.93. The average molecular weight is 264 g/mol. The number of amides is 1. The van der Waals surface area contributed by atoms with E-state index in [4.69, 9.17) is 11.6 Å². The van der Waals surface area contributed by atoms with Crippen LogP contribution in [0, 0.1) is 11.3 Å². The summed E-state index contributed by atoms with van der Waals surface area (Å²) < 4.78 is 0. The molecule has 0 saturated heterocycles. The summed E-state index contributed by atoms with van der Waals surface area (Å²) in [4.78, 5) is 11.8. The number of rotatable bonds is 2. The molecule has 3 heteroatoms. The first-order valence-electron chi connectivity index (χ1n) is 6.54. The highest BCUT2D eigenvalue weighted by atomic mass is 35.5. The molecule has 0 aromatic heterocycles. The van der Waals surface area contributed by atoms with E-state index in [1.54, 1.807) is 0 Å². The van der Waals surface area contributed by atoms with Crippen molar-refractivity contribution >= 4 is 17.5 Å². The summed E-state index contributed by atoms with van der Waals surface area (Å²) in [6, 6.07) is 6.13. The van der Waals surface area contributed by atoms with Gasteiger partial charge in [0.05, 0.1) is 5.38 Å². The molecule has 0 bridgehead atoms. The van der Waals surface area contributed by atoms with Crippen LogP contribution in [-0.4, -0.2) is 12.5 Å². The predicted octanol–water partition coefficient (Wildman–Crippen LogP) is 3.30. The summed E-state index contributed by atoms with van der Waals surface area (Å²) in [7, 11) is 0. The van der Waals surface area contributed by atoms with E-state index in [9.17, 15) is 4.79 Å². The van der Waals surface area contributed by atoms with Gasteiger partial charge in [0, 0.05) is 12.1 Å². The maximum absolute atomic E-state index is 11.8. The molecule has 2 nitrogen and oxygen atoms in total. The Morgan fingerprint density at radius 2 is 2.17 bits per heavy atom. The van der Waals surface area contributed by atoms with Crippen LogP contribution in [0.15, 0.2) is 18.2 Å². The second-order valence-corrected chi connectivity index (χ2v) is 6.59. The molecule has 18 heavy (non-hydrogen) atoms. The highest BCUT2D eigenvalue weighted by Gasteiger charge is 2.50. The lowest BCUT2D eigenvalue weighted by atomic mass is 9.94. The molecule has 2 unspecified atom stereocenters. The summed E-state index contributed by atoms with van der Waals surface area (Å²) in [5.41, 5.74) is 3.39. The van der Waals surface area contributed by atoms with Crippen molar-refractivity contribution in [3.8, 4) is 0 Å². The van der Waals surface area contributed by atoms with Crippen molar-refractivity contribution in [2.24, 2.45) is 11.3 Å². The van der Waals surface area contributed by atoms with Crippen molar-refractivity contribution in [2.45, 2.75) is 32.1 Å². The van der Waals surface area contributed by atoms with Crippen LogP contribution in [0.1, 0.15) is 47.1 Å². The maximum atomic E-state index is 11.8. The summed E-state index contributed by atoms with van der Waals surface area (Å²) in [6.45, 7) is 5.24. The van der Waals surface area contributed by atoms with Crippen LogP contribution in [0.4, 0.5) is 0 Å². The Morgan fingerprint density at radius 1 is 1.44 bits per heavy atom. The molecule has 1 aliphatic carbocycles. The zero-order valence-electron chi connectivity index (χ0n) is 10.8. The van der Waals surface area contributed by atoms with Gasteiger partial charge in [0.2, 0.25) is 0 Å². The Kier molecular flexibility index (Phi) is 2.67. The van der Waals surface area contributed by atoms with Gasteiger partial charge in [0.25, 0.3) is 5.91 Å². The molecule has 1 saturated carbocycles. The molecule has 1 aromatic carbocycles. The van der Waals surface area contributed by atoms with Gasteiger partial charge in [-0.15, -0.1) is 11.6 Å². The van der Waals surface area contributed by atoms with Crippen LogP contribution in [0.5, 0.6) is 0 Å². The van der Waals surface area contributed by atoms with Gasteiger partial charge in [-0.2, -0.15) is 0 Å². The summed E-state index contributed by atoms with van der Waals surface area (Å²) >= 11 is 6.55. The molecule has 1 fully saturated rings. The second-order valence-electron chi connectivity index (χ2n) is 6.12. The minimum Gasteiger partial charge on any atom is -0.352 e. The Morgan fingerprint density at radius 3 is 2.83 bits per heavy atom.